The highest BCUT2D eigenvalue weighted by atomic mass is 16.6. The Morgan fingerprint density at radius 3 is 2.40 bits per heavy atom. The number of rotatable bonds is 3. The molecule has 0 saturated heterocycles. The zero-order valence-corrected chi connectivity index (χ0v) is 14.7. The van der Waals surface area contributed by atoms with Crippen LogP contribution < -0.4 is 14.9 Å². The van der Waals surface area contributed by atoms with E-state index in [-0.39, 0.29) is 11.3 Å². The molecule has 5 heteroatoms. The first-order valence-corrected chi connectivity index (χ1v) is 8.27. The molecule has 25 heavy (non-hydrogen) atoms. The molecule has 130 valence electrons. The average molecular weight is 338 g/mol. The van der Waals surface area contributed by atoms with Crippen molar-refractivity contribution in [2.24, 2.45) is 5.10 Å². The van der Waals surface area contributed by atoms with Crippen LogP contribution in [0.15, 0.2) is 47.6 Å². The number of hydrazone groups is 1. The number of carbonyl (C=O) groups excluding carboxylic acids is 1. The molecule has 0 bridgehead atoms. The molecular formula is C20H22N2O3. The van der Waals surface area contributed by atoms with Gasteiger partial charge in [0, 0.05) is 5.56 Å². The minimum atomic E-state index is -0.241. The first-order valence-electron chi connectivity index (χ1n) is 8.27. The van der Waals surface area contributed by atoms with E-state index in [0.717, 1.165) is 11.3 Å². The number of amides is 1. The molecule has 1 amide bonds. The summed E-state index contributed by atoms with van der Waals surface area (Å²) in [6.07, 6.45) is 1.58. The predicted octanol–water partition coefficient (Wildman–Crippen LogP) is 3.52. The first-order chi connectivity index (χ1) is 11.9. The molecule has 0 unspecified atom stereocenters. The van der Waals surface area contributed by atoms with Crippen LogP contribution >= 0.6 is 0 Å². The minimum absolute atomic E-state index is 0.0609. The van der Waals surface area contributed by atoms with Crippen LogP contribution in [0.2, 0.25) is 0 Å². The van der Waals surface area contributed by atoms with Gasteiger partial charge in [-0.1, -0.05) is 32.9 Å². The van der Waals surface area contributed by atoms with Crippen LogP contribution in [0.5, 0.6) is 11.5 Å². The molecule has 0 atom stereocenters. The van der Waals surface area contributed by atoms with Gasteiger partial charge in [0.05, 0.1) is 6.21 Å². The number of fused-ring (bicyclic) bond motifs is 1. The molecule has 1 aliphatic rings. The van der Waals surface area contributed by atoms with E-state index in [1.165, 1.54) is 5.56 Å². The summed E-state index contributed by atoms with van der Waals surface area (Å²) in [5.74, 6) is 1.18. The van der Waals surface area contributed by atoms with E-state index < -0.39 is 0 Å². The van der Waals surface area contributed by atoms with Gasteiger partial charge in [0.25, 0.3) is 5.91 Å². The average Bonchev–Trinajstić information content (AvgIpc) is 2.61. The monoisotopic (exact) mass is 338 g/mol. The number of benzene rings is 2. The van der Waals surface area contributed by atoms with Crippen molar-refractivity contribution in [2.75, 3.05) is 13.2 Å². The Balaban J connectivity index is 1.63. The van der Waals surface area contributed by atoms with Crippen LogP contribution in [-0.4, -0.2) is 25.3 Å². The molecule has 0 saturated carbocycles. The Morgan fingerprint density at radius 2 is 1.72 bits per heavy atom. The van der Waals surface area contributed by atoms with Gasteiger partial charge >= 0.3 is 0 Å². The topological polar surface area (TPSA) is 59.9 Å². The van der Waals surface area contributed by atoms with E-state index in [1.54, 1.807) is 6.21 Å². The molecule has 0 radical (unpaired) electrons. The van der Waals surface area contributed by atoms with Gasteiger partial charge in [0.2, 0.25) is 0 Å². The van der Waals surface area contributed by atoms with Crippen molar-refractivity contribution in [3.63, 3.8) is 0 Å². The standard InChI is InChI=1S/C20H22N2O3/c1-20(2,3)16-7-5-15(6-8-16)19(23)22-21-13-14-4-9-17-18(12-14)25-11-10-24-17/h4-9,12-13H,10-11H2,1-3H3,(H,22,23). The van der Waals surface area contributed by atoms with E-state index in [1.807, 2.05) is 42.5 Å². The van der Waals surface area contributed by atoms with Gasteiger partial charge in [0.1, 0.15) is 13.2 Å². The van der Waals surface area contributed by atoms with Crippen molar-refractivity contribution in [1.29, 1.82) is 0 Å². The van der Waals surface area contributed by atoms with Gasteiger partial charge in [-0.3, -0.25) is 4.79 Å². The summed E-state index contributed by atoms with van der Waals surface area (Å²) in [5, 5.41) is 4.02. The fourth-order valence-electron chi connectivity index (χ4n) is 2.49. The van der Waals surface area contributed by atoms with Gasteiger partial charge in [-0.05, 0) is 46.9 Å². The van der Waals surface area contributed by atoms with Crippen molar-refractivity contribution < 1.29 is 14.3 Å². The Hall–Kier alpha value is -2.82. The van der Waals surface area contributed by atoms with Crippen molar-refractivity contribution in [2.45, 2.75) is 26.2 Å². The van der Waals surface area contributed by atoms with E-state index >= 15 is 0 Å². The zero-order chi connectivity index (χ0) is 17.9. The summed E-state index contributed by atoms with van der Waals surface area (Å²) in [7, 11) is 0. The third-order valence-electron chi connectivity index (χ3n) is 3.96. The minimum Gasteiger partial charge on any atom is -0.486 e. The Morgan fingerprint density at radius 1 is 1.04 bits per heavy atom. The van der Waals surface area contributed by atoms with Gasteiger partial charge in [-0.2, -0.15) is 5.10 Å². The lowest BCUT2D eigenvalue weighted by molar-refractivity contribution is 0.0955. The molecule has 2 aromatic rings. The molecule has 1 N–H and O–H groups in total. The Bertz CT molecular complexity index is 790. The van der Waals surface area contributed by atoms with Gasteiger partial charge in [0.15, 0.2) is 11.5 Å². The van der Waals surface area contributed by atoms with E-state index in [4.69, 9.17) is 9.47 Å². The molecule has 3 rings (SSSR count). The maximum Gasteiger partial charge on any atom is 0.271 e. The third kappa shape index (κ3) is 4.18. The molecule has 0 aliphatic carbocycles. The SMILES string of the molecule is CC(C)(C)c1ccc(C(=O)NN=Cc2ccc3c(c2)OCCO3)cc1. The quantitative estimate of drug-likeness (QED) is 0.688. The Labute approximate surface area is 147 Å². The summed E-state index contributed by atoms with van der Waals surface area (Å²) in [5.41, 5.74) is 5.19. The fraction of sp³-hybridized carbons (Fsp3) is 0.300. The van der Waals surface area contributed by atoms with Crippen molar-refractivity contribution in [1.82, 2.24) is 5.43 Å². The molecule has 0 fully saturated rings. The van der Waals surface area contributed by atoms with Crippen LogP contribution in [-0.2, 0) is 5.41 Å². The van der Waals surface area contributed by atoms with Gasteiger partial charge in [-0.15, -0.1) is 0 Å². The van der Waals surface area contributed by atoms with Crippen LogP contribution in [0.4, 0.5) is 0 Å². The van der Waals surface area contributed by atoms with Crippen molar-refractivity contribution in [3.8, 4) is 11.5 Å². The third-order valence-corrected chi connectivity index (χ3v) is 3.96. The number of hydrogen-bond donors (Lipinski definition) is 1. The highest BCUT2D eigenvalue weighted by Gasteiger charge is 2.14. The smallest absolute Gasteiger partial charge is 0.271 e. The van der Waals surface area contributed by atoms with Gasteiger partial charge < -0.3 is 9.47 Å². The van der Waals surface area contributed by atoms with Crippen LogP contribution in [0.25, 0.3) is 0 Å². The maximum absolute atomic E-state index is 12.2. The lowest BCUT2D eigenvalue weighted by atomic mass is 9.87. The van der Waals surface area contributed by atoms with Gasteiger partial charge in [-0.25, -0.2) is 5.43 Å². The molecule has 0 spiro atoms. The number of nitrogens with one attached hydrogen (secondary N) is 1. The maximum atomic E-state index is 12.2. The second-order valence-corrected chi connectivity index (χ2v) is 6.93. The summed E-state index contributed by atoms with van der Waals surface area (Å²) in [6, 6.07) is 13.1. The normalized spacial score (nSPS) is 13.7. The molecule has 1 aliphatic heterocycles. The van der Waals surface area contributed by atoms with E-state index in [9.17, 15) is 4.79 Å². The molecule has 1 heterocycles. The van der Waals surface area contributed by atoms with Crippen molar-refractivity contribution in [3.05, 3.63) is 59.2 Å². The number of carbonyl (C=O) groups is 1. The summed E-state index contributed by atoms with van der Waals surface area (Å²) in [4.78, 5) is 12.2. The van der Waals surface area contributed by atoms with Crippen LogP contribution in [0, 0.1) is 0 Å². The molecular weight excluding hydrogens is 316 g/mol. The number of ether oxygens (including phenoxy) is 2. The number of hydrogen-bond acceptors (Lipinski definition) is 4. The lowest BCUT2D eigenvalue weighted by Crippen LogP contribution is -2.18. The summed E-state index contributed by atoms with van der Waals surface area (Å²) in [6.45, 7) is 7.51. The molecule has 2 aromatic carbocycles. The highest BCUT2D eigenvalue weighted by molar-refractivity contribution is 5.95. The predicted molar refractivity (Wildman–Crippen MR) is 97.6 cm³/mol. The zero-order valence-electron chi connectivity index (χ0n) is 14.7. The molecule has 0 aromatic heterocycles. The number of nitrogens with zero attached hydrogens (tertiary/aromatic N) is 1. The van der Waals surface area contributed by atoms with E-state index in [2.05, 4.69) is 31.3 Å². The van der Waals surface area contributed by atoms with E-state index in [0.29, 0.717) is 24.5 Å². The second kappa shape index (κ2) is 6.97. The highest BCUT2D eigenvalue weighted by Crippen LogP contribution is 2.30. The lowest BCUT2D eigenvalue weighted by Gasteiger charge is -2.18. The largest absolute Gasteiger partial charge is 0.486 e. The van der Waals surface area contributed by atoms with Crippen LogP contribution in [0.1, 0.15) is 42.3 Å². The fourth-order valence-corrected chi connectivity index (χ4v) is 2.49. The second-order valence-electron chi connectivity index (χ2n) is 6.93. The summed E-state index contributed by atoms with van der Waals surface area (Å²) < 4.78 is 11.0. The molecule has 5 nitrogen and oxygen atoms in total. The first kappa shape index (κ1) is 17.0. The van der Waals surface area contributed by atoms with Crippen molar-refractivity contribution >= 4 is 12.1 Å². The van der Waals surface area contributed by atoms with Crippen LogP contribution in [0.3, 0.4) is 0 Å². The Kier molecular flexibility index (Phi) is 4.74. The summed E-state index contributed by atoms with van der Waals surface area (Å²) >= 11 is 0.